The predicted molar refractivity (Wildman–Crippen MR) is 105 cm³/mol. The highest BCUT2D eigenvalue weighted by atomic mass is 35.5. The molecule has 1 saturated heterocycles. The van der Waals surface area contributed by atoms with Crippen LogP contribution in [0, 0.1) is 0 Å². The molecule has 1 fully saturated rings. The standard InChI is InChI=1S/C19H31ClN4O/c1-14-11-24(12-15(2)25-14)19(3,4)13-23-18(21-5)22-10-16-8-6-7-9-17(16)20/h6-9,14-15H,10-13H2,1-5H3,(H2,21,22,23). The highest BCUT2D eigenvalue weighted by Crippen LogP contribution is 2.20. The van der Waals surface area contributed by atoms with Crippen LogP contribution in [0.2, 0.25) is 5.02 Å². The van der Waals surface area contributed by atoms with Crippen LogP contribution in [0.5, 0.6) is 0 Å². The van der Waals surface area contributed by atoms with Gasteiger partial charge >= 0.3 is 0 Å². The highest BCUT2D eigenvalue weighted by Gasteiger charge is 2.33. The van der Waals surface area contributed by atoms with Gasteiger partial charge in [0.05, 0.1) is 12.2 Å². The molecule has 5 nitrogen and oxygen atoms in total. The normalized spacial score (nSPS) is 22.7. The summed E-state index contributed by atoms with van der Waals surface area (Å²) in [5.74, 6) is 0.780. The van der Waals surface area contributed by atoms with E-state index in [0.717, 1.165) is 36.2 Å². The molecule has 2 N–H and O–H groups in total. The first-order valence-corrected chi connectivity index (χ1v) is 9.28. The Morgan fingerprint density at radius 3 is 2.48 bits per heavy atom. The second-order valence-electron chi connectivity index (χ2n) is 7.35. The van der Waals surface area contributed by atoms with Crippen molar-refractivity contribution in [1.82, 2.24) is 15.5 Å². The van der Waals surface area contributed by atoms with Crippen LogP contribution in [0.4, 0.5) is 0 Å². The maximum atomic E-state index is 6.21. The number of nitrogens with one attached hydrogen (secondary N) is 2. The Balaban J connectivity index is 1.88. The van der Waals surface area contributed by atoms with Gasteiger partial charge in [-0.15, -0.1) is 0 Å². The lowest BCUT2D eigenvalue weighted by atomic mass is 10.00. The van der Waals surface area contributed by atoms with Crippen LogP contribution in [0.25, 0.3) is 0 Å². The summed E-state index contributed by atoms with van der Waals surface area (Å²) in [6, 6.07) is 7.84. The van der Waals surface area contributed by atoms with Crippen molar-refractivity contribution in [3.8, 4) is 0 Å². The number of hydrogen-bond donors (Lipinski definition) is 2. The summed E-state index contributed by atoms with van der Waals surface area (Å²) in [5, 5.41) is 7.54. The lowest BCUT2D eigenvalue weighted by Gasteiger charge is -2.45. The van der Waals surface area contributed by atoms with Crippen LogP contribution in [0.1, 0.15) is 33.3 Å². The van der Waals surface area contributed by atoms with Gasteiger partial charge in [0.15, 0.2) is 5.96 Å². The monoisotopic (exact) mass is 366 g/mol. The molecule has 2 unspecified atom stereocenters. The fourth-order valence-corrected chi connectivity index (χ4v) is 3.33. The molecule has 2 atom stereocenters. The van der Waals surface area contributed by atoms with Gasteiger partial charge in [-0.2, -0.15) is 0 Å². The summed E-state index contributed by atoms with van der Waals surface area (Å²) < 4.78 is 5.85. The van der Waals surface area contributed by atoms with Crippen LogP contribution < -0.4 is 10.6 Å². The first-order chi connectivity index (χ1) is 11.8. The molecular weight excluding hydrogens is 336 g/mol. The number of benzene rings is 1. The minimum atomic E-state index is 0.00825. The molecule has 0 amide bonds. The number of aliphatic imine (C=N–C) groups is 1. The molecule has 1 aliphatic heterocycles. The van der Waals surface area contributed by atoms with Gasteiger partial charge in [0.25, 0.3) is 0 Å². The second-order valence-corrected chi connectivity index (χ2v) is 7.75. The van der Waals surface area contributed by atoms with Crippen molar-refractivity contribution in [2.24, 2.45) is 4.99 Å². The maximum absolute atomic E-state index is 6.21. The Hall–Kier alpha value is -1.30. The fraction of sp³-hybridized carbons (Fsp3) is 0.632. The second kappa shape index (κ2) is 8.88. The average molecular weight is 367 g/mol. The summed E-state index contributed by atoms with van der Waals surface area (Å²) in [6.07, 6.45) is 0.529. The largest absolute Gasteiger partial charge is 0.373 e. The van der Waals surface area contributed by atoms with Crippen LogP contribution in [-0.4, -0.2) is 55.3 Å². The van der Waals surface area contributed by atoms with E-state index in [2.05, 4.69) is 48.2 Å². The van der Waals surface area contributed by atoms with Crippen molar-refractivity contribution in [1.29, 1.82) is 0 Å². The SMILES string of the molecule is CN=C(NCc1ccccc1Cl)NCC(C)(C)N1CC(C)OC(C)C1. The van der Waals surface area contributed by atoms with E-state index in [9.17, 15) is 0 Å². The van der Waals surface area contributed by atoms with E-state index in [4.69, 9.17) is 16.3 Å². The predicted octanol–water partition coefficient (Wildman–Crippen LogP) is 2.89. The quantitative estimate of drug-likeness (QED) is 0.621. The zero-order valence-corrected chi connectivity index (χ0v) is 16.7. The van der Waals surface area contributed by atoms with E-state index in [0.29, 0.717) is 6.54 Å². The number of ether oxygens (including phenoxy) is 1. The number of rotatable bonds is 5. The van der Waals surface area contributed by atoms with Crippen molar-refractivity contribution in [3.63, 3.8) is 0 Å². The molecular formula is C19H31ClN4O. The van der Waals surface area contributed by atoms with Crippen molar-refractivity contribution in [3.05, 3.63) is 34.9 Å². The molecule has 25 heavy (non-hydrogen) atoms. The van der Waals surface area contributed by atoms with E-state index in [-0.39, 0.29) is 17.7 Å². The van der Waals surface area contributed by atoms with E-state index in [1.165, 1.54) is 0 Å². The van der Waals surface area contributed by atoms with E-state index >= 15 is 0 Å². The van der Waals surface area contributed by atoms with Gasteiger partial charge in [-0.1, -0.05) is 29.8 Å². The average Bonchev–Trinajstić information content (AvgIpc) is 2.55. The third kappa shape index (κ3) is 5.87. The molecule has 1 aliphatic rings. The third-order valence-corrected chi connectivity index (χ3v) is 4.96. The Morgan fingerprint density at radius 1 is 1.24 bits per heavy atom. The van der Waals surface area contributed by atoms with Gasteiger partial charge < -0.3 is 15.4 Å². The smallest absolute Gasteiger partial charge is 0.191 e. The Kier molecular flexibility index (Phi) is 7.11. The van der Waals surface area contributed by atoms with Crippen molar-refractivity contribution >= 4 is 17.6 Å². The fourth-order valence-electron chi connectivity index (χ4n) is 3.13. The van der Waals surface area contributed by atoms with Crippen LogP contribution >= 0.6 is 11.6 Å². The minimum absolute atomic E-state index is 0.00825. The summed E-state index contributed by atoms with van der Waals surface area (Å²) in [5.41, 5.74) is 1.07. The van der Waals surface area contributed by atoms with Crippen LogP contribution in [0.15, 0.2) is 29.3 Å². The molecule has 140 valence electrons. The lowest BCUT2D eigenvalue weighted by Crippen LogP contribution is -2.59. The number of nitrogens with zero attached hydrogens (tertiary/aromatic N) is 2. The molecule has 0 aliphatic carbocycles. The summed E-state index contributed by atoms with van der Waals surface area (Å²) in [7, 11) is 1.79. The zero-order valence-electron chi connectivity index (χ0n) is 16.0. The van der Waals surface area contributed by atoms with Crippen molar-refractivity contribution in [2.45, 2.75) is 52.0 Å². The number of halogens is 1. The number of morpholine rings is 1. The Labute approximate surface area is 156 Å². The molecule has 0 bridgehead atoms. The zero-order chi connectivity index (χ0) is 18.4. The highest BCUT2D eigenvalue weighted by molar-refractivity contribution is 6.31. The number of guanidine groups is 1. The molecule has 0 radical (unpaired) electrons. The molecule has 0 aromatic heterocycles. The van der Waals surface area contributed by atoms with Gasteiger partial charge in [0, 0.05) is 43.8 Å². The third-order valence-electron chi connectivity index (χ3n) is 4.59. The van der Waals surface area contributed by atoms with E-state index in [1.54, 1.807) is 7.05 Å². The maximum Gasteiger partial charge on any atom is 0.191 e. The number of hydrogen-bond acceptors (Lipinski definition) is 3. The molecule has 1 aromatic rings. The topological polar surface area (TPSA) is 48.9 Å². The molecule has 1 aromatic carbocycles. The van der Waals surface area contributed by atoms with Gasteiger partial charge in [-0.25, -0.2) is 0 Å². The molecule has 1 heterocycles. The molecule has 6 heteroatoms. The van der Waals surface area contributed by atoms with Crippen LogP contribution in [0.3, 0.4) is 0 Å². The van der Waals surface area contributed by atoms with Gasteiger partial charge in [-0.3, -0.25) is 9.89 Å². The molecule has 0 spiro atoms. The molecule has 2 rings (SSSR count). The van der Waals surface area contributed by atoms with Gasteiger partial charge in [-0.05, 0) is 39.3 Å². The Morgan fingerprint density at radius 2 is 1.88 bits per heavy atom. The van der Waals surface area contributed by atoms with Crippen LogP contribution in [-0.2, 0) is 11.3 Å². The van der Waals surface area contributed by atoms with Gasteiger partial charge in [0.1, 0.15) is 0 Å². The molecule has 0 saturated carbocycles. The van der Waals surface area contributed by atoms with Crippen molar-refractivity contribution < 1.29 is 4.74 Å². The summed E-state index contributed by atoms with van der Waals surface area (Å²) in [6.45, 7) is 12.1. The van der Waals surface area contributed by atoms with Gasteiger partial charge in [0.2, 0.25) is 0 Å². The summed E-state index contributed by atoms with van der Waals surface area (Å²) in [4.78, 5) is 6.81. The van der Waals surface area contributed by atoms with E-state index < -0.39 is 0 Å². The Bertz CT molecular complexity index is 581. The first-order valence-electron chi connectivity index (χ1n) is 8.90. The minimum Gasteiger partial charge on any atom is -0.373 e. The first kappa shape index (κ1) is 20.0. The summed E-state index contributed by atoms with van der Waals surface area (Å²) >= 11 is 6.21. The van der Waals surface area contributed by atoms with Crippen molar-refractivity contribution in [2.75, 3.05) is 26.7 Å². The lowest BCUT2D eigenvalue weighted by molar-refractivity contribution is -0.0946. The van der Waals surface area contributed by atoms with E-state index in [1.807, 2.05) is 24.3 Å².